The lowest BCUT2D eigenvalue weighted by Crippen LogP contribution is -2.25. The van der Waals surface area contributed by atoms with Crippen molar-refractivity contribution >= 4 is 51.2 Å². The Morgan fingerprint density at radius 2 is 1.29 bits per heavy atom. The molecule has 0 radical (unpaired) electrons. The minimum absolute atomic E-state index is 0.0873. The van der Waals surface area contributed by atoms with E-state index in [0.717, 1.165) is 11.5 Å². The van der Waals surface area contributed by atoms with Gasteiger partial charge in [0.25, 0.3) is 0 Å². The van der Waals surface area contributed by atoms with Crippen LogP contribution < -0.4 is 15.2 Å². The molecule has 172 valence electrons. The van der Waals surface area contributed by atoms with Crippen LogP contribution in [0.1, 0.15) is 41.0 Å². The quantitative estimate of drug-likeness (QED) is 0.278. The predicted molar refractivity (Wildman–Crippen MR) is 143 cm³/mol. The van der Waals surface area contributed by atoms with E-state index in [0.29, 0.717) is 19.6 Å². The molecule has 2 rings (SSSR count). The molecule has 2 unspecified atom stereocenters. The van der Waals surface area contributed by atoms with Crippen LogP contribution in [0.3, 0.4) is 0 Å². The lowest BCUT2D eigenvalue weighted by molar-refractivity contribution is -0.156. The second kappa shape index (κ2) is 14.2. The van der Waals surface area contributed by atoms with E-state index in [4.69, 9.17) is 19.9 Å². The van der Waals surface area contributed by atoms with Gasteiger partial charge in [0, 0.05) is 19.1 Å². The van der Waals surface area contributed by atoms with Crippen LogP contribution >= 0.6 is 45.2 Å². The first-order valence-corrected chi connectivity index (χ1v) is 12.3. The number of rotatable bonds is 8. The molecule has 0 aliphatic carbocycles. The molecule has 0 aliphatic rings. The Hall–Kier alpha value is -1.07. The van der Waals surface area contributed by atoms with E-state index in [9.17, 15) is 4.79 Å². The molecule has 2 atom stereocenters. The highest BCUT2D eigenvalue weighted by atomic mass is 127. The van der Waals surface area contributed by atoms with Gasteiger partial charge < -0.3 is 19.9 Å². The van der Waals surface area contributed by atoms with Gasteiger partial charge in [0.1, 0.15) is 23.7 Å². The second-order valence-corrected chi connectivity index (χ2v) is 10.9. The fraction of sp³-hybridized carbons (Fsp3) is 0.458. The van der Waals surface area contributed by atoms with Gasteiger partial charge in [0.05, 0.1) is 13.0 Å². The van der Waals surface area contributed by atoms with Crippen LogP contribution in [0.2, 0.25) is 0 Å². The van der Waals surface area contributed by atoms with Crippen molar-refractivity contribution in [3.63, 3.8) is 0 Å². The van der Waals surface area contributed by atoms with E-state index in [1.54, 1.807) is 0 Å². The molecule has 0 amide bonds. The van der Waals surface area contributed by atoms with Gasteiger partial charge in [-0.1, -0.05) is 6.92 Å². The van der Waals surface area contributed by atoms with Crippen LogP contribution in [0.25, 0.3) is 0 Å². The summed E-state index contributed by atoms with van der Waals surface area (Å²) in [4.78, 5) is 11.6. The number of benzene rings is 2. The maximum Gasteiger partial charge on any atom is 0.306 e. The predicted octanol–water partition coefficient (Wildman–Crippen LogP) is 6.06. The second-order valence-electron chi connectivity index (χ2n) is 8.40. The van der Waals surface area contributed by atoms with Crippen LogP contribution in [0, 0.1) is 13.1 Å². The van der Waals surface area contributed by atoms with Gasteiger partial charge in [0.15, 0.2) is 0 Å². The molecule has 7 heteroatoms. The van der Waals surface area contributed by atoms with Gasteiger partial charge >= 0.3 is 5.97 Å². The zero-order valence-corrected chi connectivity index (χ0v) is 23.2. The topological polar surface area (TPSA) is 70.8 Å². The highest BCUT2D eigenvalue weighted by molar-refractivity contribution is 14.1. The van der Waals surface area contributed by atoms with Gasteiger partial charge in [-0.3, -0.25) is 4.79 Å². The van der Waals surface area contributed by atoms with Crippen LogP contribution in [0.15, 0.2) is 48.5 Å². The number of ether oxygens (including phenoxy) is 3. The molecular formula is C24H33I2NO4. The Labute approximate surface area is 213 Å². The maximum atomic E-state index is 11.6. The first-order chi connectivity index (χ1) is 14.4. The lowest BCUT2D eigenvalue weighted by atomic mass is 10.1. The Morgan fingerprint density at radius 1 is 0.871 bits per heavy atom. The van der Waals surface area contributed by atoms with Crippen LogP contribution in [0.4, 0.5) is 0 Å². The molecule has 0 aliphatic heterocycles. The summed E-state index contributed by atoms with van der Waals surface area (Å²) >= 11 is 4.51. The standard InChI is InChI=1S/C15H21IO3.C9H12INO/c1-11(9-14(17)19-15(2,3)4)10-18-13-7-5-12(16)6-8-13;1-7(11)6-12-9-4-2-8(10)3-5-9/h5-8,11H,9-10H2,1-4H3;2-5,7H,6,11H2,1H3. The number of hydrogen-bond acceptors (Lipinski definition) is 5. The van der Waals surface area contributed by atoms with Crippen molar-refractivity contribution in [3.8, 4) is 11.5 Å². The van der Waals surface area contributed by atoms with Gasteiger partial charge in [0.2, 0.25) is 0 Å². The molecule has 0 bridgehead atoms. The highest BCUT2D eigenvalue weighted by Crippen LogP contribution is 2.16. The third-order valence-electron chi connectivity index (χ3n) is 3.61. The monoisotopic (exact) mass is 653 g/mol. The molecule has 0 saturated heterocycles. The number of carbonyl (C=O) groups is 1. The lowest BCUT2D eigenvalue weighted by Gasteiger charge is -2.21. The number of carbonyl (C=O) groups excluding carboxylic acids is 1. The van der Waals surface area contributed by atoms with Crippen molar-refractivity contribution in [1.29, 1.82) is 0 Å². The van der Waals surface area contributed by atoms with Gasteiger partial charge in [-0.05, 0) is 121 Å². The third kappa shape index (κ3) is 14.6. The molecule has 2 aromatic rings. The summed E-state index contributed by atoms with van der Waals surface area (Å²) in [6.07, 6.45) is 0.377. The number of hydrogen-bond donors (Lipinski definition) is 1. The molecule has 0 fully saturated rings. The van der Waals surface area contributed by atoms with E-state index in [1.165, 1.54) is 7.14 Å². The largest absolute Gasteiger partial charge is 0.493 e. The Kier molecular flexibility index (Phi) is 12.8. The fourth-order valence-electron chi connectivity index (χ4n) is 2.25. The van der Waals surface area contributed by atoms with Crippen LogP contribution in [-0.2, 0) is 9.53 Å². The molecule has 0 aromatic heterocycles. The van der Waals surface area contributed by atoms with E-state index in [2.05, 4.69) is 45.2 Å². The molecule has 5 nitrogen and oxygen atoms in total. The first-order valence-electron chi connectivity index (χ1n) is 10.2. The van der Waals surface area contributed by atoms with Crippen molar-refractivity contribution < 1.29 is 19.0 Å². The van der Waals surface area contributed by atoms with Crippen LogP contribution in [-0.4, -0.2) is 30.8 Å². The van der Waals surface area contributed by atoms with Crippen molar-refractivity contribution in [2.45, 2.75) is 52.7 Å². The number of halogens is 2. The average molecular weight is 653 g/mol. The molecule has 31 heavy (non-hydrogen) atoms. The molecular weight excluding hydrogens is 620 g/mol. The van der Waals surface area contributed by atoms with Gasteiger partial charge in [-0.15, -0.1) is 0 Å². The molecule has 0 spiro atoms. The number of nitrogens with two attached hydrogens (primary N) is 1. The smallest absolute Gasteiger partial charge is 0.306 e. The van der Waals surface area contributed by atoms with Crippen molar-refractivity contribution in [2.24, 2.45) is 11.7 Å². The average Bonchev–Trinajstić information content (AvgIpc) is 2.66. The minimum atomic E-state index is -0.423. The number of esters is 1. The first kappa shape index (κ1) is 28.0. The molecule has 0 saturated carbocycles. The summed E-state index contributed by atoms with van der Waals surface area (Å²) in [6.45, 7) is 10.6. The van der Waals surface area contributed by atoms with Gasteiger partial charge in [-0.25, -0.2) is 0 Å². The zero-order chi connectivity index (χ0) is 23.4. The summed E-state index contributed by atoms with van der Waals surface area (Å²) in [6, 6.07) is 15.9. The Morgan fingerprint density at radius 3 is 1.68 bits per heavy atom. The van der Waals surface area contributed by atoms with E-state index < -0.39 is 5.60 Å². The minimum Gasteiger partial charge on any atom is -0.493 e. The fourth-order valence-corrected chi connectivity index (χ4v) is 2.97. The SMILES string of the molecule is CC(COc1ccc(I)cc1)CC(=O)OC(C)(C)C.CC(N)COc1ccc(I)cc1. The van der Waals surface area contributed by atoms with Crippen LogP contribution in [0.5, 0.6) is 11.5 Å². The van der Waals surface area contributed by atoms with E-state index in [1.807, 2.05) is 83.1 Å². The zero-order valence-electron chi connectivity index (χ0n) is 18.9. The summed E-state index contributed by atoms with van der Waals surface area (Å²) in [5, 5.41) is 0. The maximum absolute atomic E-state index is 11.6. The molecule has 0 heterocycles. The summed E-state index contributed by atoms with van der Waals surface area (Å²) < 4.78 is 18.7. The molecule has 2 N–H and O–H groups in total. The highest BCUT2D eigenvalue weighted by Gasteiger charge is 2.18. The summed E-state index contributed by atoms with van der Waals surface area (Å²) in [5.41, 5.74) is 5.12. The molecule has 2 aromatic carbocycles. The van der Waals surface area contributed by atoms with E-state index >= 15 is 0 Å². The Bertz CT molecular complexity index is 772. The van der Waals surface area contributed by atoms with Gasteiger partial charge in [-0.2, -0.15) is 0 Å². The third-order valence-corrected chi connectivity index (χ3v) is 5.05. The van der Waals surface area contributed by atoms with Crippen molar-refractivity contribution in [2.75, 3.05) is 13.2 Å². The Balaban J connectivity index is 0.000000343. The summed E-state index contributed by atoms with van der Waals surface area (Å²) in [7, 11) is 0. The van der Waals surface area contributed by atoms with Crippen molar-refractivity contribution in [1.82, 2.24) is 0 Å². The van der Waals surface area contributed by atoms with Crippen molar-refractivity contribution in [3.05, 3.63) is 55.7 Å². The normalized spacial score (nSPS) is 12.8. The van der Waals surface area contributed by atoms with E-state index in [-0.39, 0.29) is 17.9 Å². The summed E-state index contributed by atoms with van der Waals surface area (Å²) in [5.74, 6) is 1.67.